The van der Waals surface area contributed by atoms with Gasteiger partial charge < -0.3 is 9.47 Å². The average Bonchev–Trinajstić information content (AvgIpc) is 2.16. The maximum absolute atomic E-state index is 5.55. The summed E-state index contributed by atoms with van der Waals surface area (Å²) in [5, 5.41) is 0. The number of hydrogen-bond donors (Lipinski definition) is 0. The summed E-state index contributed by atoms with van der Waals surface area (Å²) in [5.41, 5.74) is 1.24. The monoisotopic (exact) mass is 192 g/mol. The minimum atomic E-state index is 0.464. The van der Waals surface area contributed by atoms with Crippen molar-refractivity contribution in [2.75, 3.05) is 13.2 Å². The van der Waals surface area contributed by atoms with Crippen molar-refractivity contribution in [1.82, 2.24) is 0 Å². The smallest absolute Gasteiger partial charge is 0.0716 e. The predicted octanol–water partition coefficient (Wildman–Crippen LogP) is 2.38. The topological polar surface area (TPSA) is 18.5 Å². The van der Waals surface area contributed by atoms with Crippen LogP contribution in [0.3, 0.4) is 0 Å². The van der Waals surface area contributed by atoms with Crippen LogP contribution in [-0.2, 0) is 16.1 Å². The molecule has 2 rings (SSSR count). The van der Waals surface area contributed by atoms with E-state index in [0.717, 1.165) is 19.6 Å². The zero-order valence-electron chi connectivity index (χ0n) is 8.32. The van der Waals surface area contributed by atoms with E-state index in [1.54, 1.807) is 0 Å². The van der Waals surface area contributed by atoms with Gasteiger partial charge in [0.25, 0.3) is 0 Å². The molecule has 1 atom stereocenters. The molecule has 0 aromatic heterocycles. The van der Waals surface area contributed by atoms with Crippen LogP contribution in [-0.4, -0.2) is 19.3 Å². The van der Waals surface area contributed by atoms with Crippen molar-refractivity contribution in [3.05, 3.63) is 35.9 Å². The standard InChI is InChI=1S/C12H16O2/c1-2-4-11(5-3-1)10-13-8-6-12-7-9-14-12/h1-5,12H,6-10H2/t12-/m0/s1. The van der Waals surface area contributed by atoms with Crippen LogP contribution in [0.25, 0.3) is 0 Å². The second-order valence-corrected chi connectivity index (χ2v) is 3.61. The Labute approximate surface area is 84.8 Å². The zero-order valence-corrected chi connectivity index (χ0v) is 8.32. The van der Waals surface area contributed by atoms with Gasteiger partial charge in [0.1, 0.15) is 0 Å². The Bertz CT molecular complexity index is 254. The molecular formula is C12H16O2. The molecule has 1 aromatic rings. The summed E-state index contributed by atoms with van der Waals surface area (Å²) in [6.45, 7) is 2.45. The van der Waals surface area contributed by atoms with E-state index in [1.165, 1.54) is 12.0 Å². The van der Waals surface area contributed by atoms with Crippen LogP contribution in [0.1, 0.15) is 18.4 Å². The van der Waals surface area contributed by atoms with Crippen LogP contribution in [0, 0.1) is 0 Å². The summed E-state index contributed by atoms with van der Waals surface area (Å²) in [6, 6.07) is 10.3. The maximum Gasteiger partial charge on any atom is 0.0716 e. The molecule has 2 nitrogen and oxygen atoms in total. The first kappa shape index (κ1) is 9.69. The van der Waals surface area contributed by atoms with E-state index in [9.17, 15) is 0 Å². The third-order valence-corrected chi connectivity index (χ3v) is 2.49. The lowest BCUT2D eigenvalue weighted by molar-refractivity contribution is -0.0676. The molecule has 76 valence electrons. The molecule has 2 heteroatoms. The Hall–Kier alpha value is -0.860. The SMILES string of the molecule is c1ccc(COCC[C@H]2CCO2)cc1. The van der Waals surface area contributed by atoms with Gasteiger partial charge in [0.15, 0.2) is 0 Å². The second-order valence-electron chi connectivity index (χ2n) is 3.61. The van der Waals surface area contributed by atoms with Crippen molar-refractivity contribution in [3.63, 3.8) is 0 Å². The normalized spacial score (nSPS) is 20.4. The molecule has 1 fully saturated rings. The molecule has 0 bridgehead atoms. The van der Waals surface area contributed by atoms with E-state index in [4.69, 9.17) is 9.47 Å². The van der Waals surface area contributed by atoms with Gasteiger partial charge in [-0.05, 0) is 18.4 Å². The van der Waals surface area contributed by atoms with Crippen molar-refractivity contribution < 1.29 is 9.47 Å². The second kappa shape index (κ2) is 5.13. The van der Waals surface area contributed by atoms with Crippen LogP contribution in [0.15, 0.2) is 30.3 Å². The molecule has 1 aliphatic heterocycles. The highest BCUT2D eigenvalue weighted by molar-refractivity contribution is 5.13. The van der Waals surface area contributed by atoms with E-state index in [1.807, 2.05) is 18.2 Å². The Morgan fingerprint density at radius 1 is 1.29 bits per heavy atom. The summed E-state index contributed by atoms with van der Waals surface area (Å²) in [7, 11) is 0. The highest BCUT2D eigenvalue weighted by atomic mass is 16.5. The van der Waals surface area contributed by atoms with Crippen LogP contribution in [0.5, 0.6) is 0 Å². The third kappa shape index (κ3) is 2.82. The molecule has 1 heterocycles. The predicted molar refractivity (Wildman–Crippen MR) is 55.1 cm³/mol. The van der Waals surface area contributed by atoms with E-state index >= 15 is 0 Å². The fourth-order valence-electron chi connectivity index (χ4n) is 1.49. The lowest BCUT2D eigenvalue weighted by Crippen LogP contribution is -2.27. The summed E-state index contributed by atoms with van der Waals surface area (Å²) in [5.74, 6) is 0. The van der Waals surface area contributed by atoms with Crippen LogP contribution >= 0.6 is 0 Å². The zero-order chi connectivity index (χ0) is 9.64. The van der Waals surface area contributed by atoms with Gasteiger partial charge in [-0.2, -0.15) is 0 Å². The van der Waals surface area contributed by atoms with Crippen molar-refractivity contribution in [2.24, 2.45) is 0 Å². The number of ether oxygens (including phenoxy) is 2. The van der Waals surface area contributed by atoms with Gasteiger partial charge >= 0.3 is 0 Å². The average molecular weight is 192 g/mol. The van der Waals surface area contributed by atoms with Crippen LogP contribution in [0.2, 0.25) is 0 Å². The third-order valence-electron chi connectivity index (χ3n) is 2.49. The molecule has 0 N–H and O–H groups in total. The summed E-state index contributed by atoms with van der Waals surface area (Å²) in [4.78, 5) is 0. The van der Waals surface area contributed by atoms with Gasteiger partial charge in [0.05, 0.1) is 12.7 Å². The largest absolute Gasteiger partial charge is 0.378 e. The molecule has 0 saturated carbocycles. The first-order valence-corrected chi connectivity index (χ1v) is 5.18. The molecule has 1 aromatic carbocycles. The first-order valence-electron chi connectivity index (χ1n) is 5.18. The van der Waals surface area contributed by atoms with E-state index in [2.05, 4.69) is 12.1 Å². The van der Waals surface area contributed by atoms with Crippen LogP contribution in [0.4, 0.5) is 0 Å². The maximum atomic E-state index is 5.55. The van der Waals surface area contributed by atoms with Gasteiger partial charge in [0, 0.05) is 13.2 Å². The number of benzene rings is 1. The number of hydrogen-bond acceptors (Lipinski definition) is 2. The molecule has 1 saturated heterocycles. The molecule has 0 unspecified atom stereocenters. The number of rotatable bonds is 5. The van der Waals surface area contributed by atoms with E-state index in [-0.39, 0.29) is 0 Å². The molecule has 1 aliphatic rings. The Kier molecular flexibility index (Phi) is 3.55. The molecule has 0 radical (unpaired) electrons. The molecule has 0 aliphatic carbocycles. The van der Waals surface area contributed by atoms with Gasteiger partial charge in [0.2, 0.25) is 0 Å². The Morgan fingerprint density at radius 3 is 2.71 bits per heavy atom. The minimum absolute atomic E-state index is 0.464. The van der Waals surface area contributed by atoms with Crippen molar-refractivity contribution in [2.45, 2.75) is 25.6 Å². The molecule has 14 heavy (non-hydrogen) atoms. The molecule has 0 spiro atoms. The fraction of sp³-hybridized carbons (Fsp3) is 0.500. The van der Waals surface area contributed by atoms with Gasteiger partial charge in [-0.15, -0.1) is 0 Å². The van der Waals surface area contributed by atoms with Crippen molar-refractivity contribution >= 4 is 0 Å². The van der Waals surface area contributed by atoms with Gasteiger partial charge in [-0.3, -0.25) is 0 Å². The lowest BCUT2D eigenvalue weighted by atomic mass is 10.1. The Balaban J connectivity index is 1.58. The molecule has 0 amide bonds. The highest BCUT2D eigenvalue weighted by Crippen LogP contribution is 2.14. The van der Waals surface area contributed by atoms with Crippen molar-refractivity contribution in [3.8, 4) is 0 Å². The van der Waals surface area contributed by atoms with Gasteiger partial charge in [-0.1, -0.05) is 30.3 Å². The van der Waals surface area contributed by atoms with Gasteiger partial charge in [-0.25, -0.2) is 0 Å². The van der Waals surface area contributed by atoms with Crippen LogP contribution < -0.4 is 0 Å². The Morgan fingerprint density at radius 2 is 2.07 bits per heavy atom. The lowest BCUT2D eigenvalue weighted by Gasteiger charge is -2.26. The summed E-state index contributed by atoms with van der Waals surface area (Å²) < 4.78 is 10.8. The van der Waals surface area contributed by atoms with E-state index in [0.29, 0.717) is 12.7 Å². The highest BCUT2D eigenvalue weighted by Gasteiger charge is 2.16. The summed E-state index contributed by atoms with van der Waals surface area (Å²) >= 11 is 0. The summed E-state index contributed by atoms with van der Waals surface area (Å²) in [6.07, 6.45) is 2.70. The quantitative estimate of drug-likeness (QED) is 0.667. The fourth-order valence-corrected chi connectivity index (χ4v) is 1.49. The first-order chi connectivity index (χ1) is 6.95. The molecular weight excluding hydrogens is 176 g/mol. The minimum Gasteiger partial charge on any atom is -0.378 e. The van der Waals surface area contributed by atoms with E-state index < -0.39 is 0 Å². The van der Waals surface area contributed by atoms with Crippen molar-refractivity contribution in [1.29, 1.82) is 0 Å².